The molecule has 0 aromatic carbocycles. The Morgan fingerprint density at radius 3 is 3.08 bits per heavy atom. The fraction of sp³-hybridized carbons (Fsp3) is 0.667. The van der Waals surface area contributed by atoms with Crippen molar-refractivity contribution < 1.29 is 0 Å². The van der Waals surface area contributed by atoms with Crippen LogP contribution in [-0.2, 0) is 6.54 Å². The maximum absolute atomic E-state index is 4.23. The average molecular weight is 214 g/mol. The zero-order valence-electron chi connectivity index (χ0n) is 7.75. The summed E-state index contributed by atoms with van der Waals surface area (Å²) in [6.07, 6.45) is 4.95. The monoisotopic (exact) mass is 214 g/mol. The first-order valence-corrected chi connectivity index (χ1v) is 6.64. The van der Waals surface area contributed by atoms with Crippen LogP contribution in [0.3, 0.4) is 0 Å². The van der Waals surface area contributed by atoms with E-state index in [1.54, 1.807) is 11.3 Å². The van der Waals surface area contributed by atoms with Gasteiger partial charge >= 0.3 is 0 Å². The van der Waals surface area contributed by atoms with Crippen molar-refractivity contribution in [2.45, 2.75) is 24.1 Å². The summed E-state index contributed by atoms with van der Waals surface area (Å²) in [5, 5.41) is 5.57. The van der Waals surface area contributed by atoms with E-state index in [-0.39, 0.29) is 0 Å². The Labute approximate surface area is 87.1 Å². The Bertz CT molecular complexity index is 255. The highest BCUT2D eigenvalue weighted by Gasteiger charge is 2.41. The molecule has 1 aliphatic rings. The summed E-state index contributed by atoms with van der Waals surface area (Å²) >= 11 is 3.66. The number of nitrogens with zero attached hydrogens (tertiary/aromatic N) is 1. The molecule has 0 radical (unpaired) electrons. The number of rotatable bonds is 5. The SMILES string of the molecule is CSC1(CNCc2cscn2)CC1. The third kappa shape index (κ3) is 2.45. The lowest BCUT2D eigenvalue weighted by atomic mass is 10.4. The lowest BCUT2D eigenvalue weighted by Gasteiger charge is -2.11. The molecule has 0 atom stereocenters. The molecule has 4 heteroatoms. The standard InChI is InChI=1S/C9H14N2S2/c1-12-9(2-3-9)6-10-4-8-5-13-7-11-8/h5,7,10H,2-4,6H2,1H3. The fourth-order valence-electron chi connectivity index (χ4n) is 1.34. The molecular weight excluding hydrogens is 200 g/mol. The second-order valence-electron chi connectivity index (χ2n) is 3.47. The second kappa shape index (κ2) is 3.98. The van der Waals surface area contributed by atoms with Crippen LogP contribution in [0.25, 0.3) is 0 Å². The molecule has 0 unspecified atom stereocenters. The molecule has 2 nitrogen and oxygen atoms in total. The van der Waals surface area contributed by atoms with Gasteiger partial charge in [0.2, 0.25) is 0 Å². The first kappa shape index (κ1) is 9.49. The number of hydrogen-bond donors (Lipinski definition) is 1. The van der Waals surface area contributed by atoms with Gasteiger partial charge in [-0.2, -0.15) is 11.8 Å². The molecule has 0 aliphatic heterocycles. The highest BCUT2D eigenvalue weighted by Crippen LogP contribution is 2.46. The Balaban J connectivity index is 1.70. The van der Waals surface area contributed by atoms with Gasteiger partial charge in [0.05, 0.1) is 11.2 Å². The van der Waals surface area contributed by atoms with Crippen LogP contribution in [0.2, 0.25) is 0 Å². The number of hydrogen-bond acceptors (Lipinski definition) is 4. The van der Waals surface area contributed by atoms with Crippen molar-refractivity contribution in [3.05, 3.63) is 16.6 Å². The lowest BCUT2D eigenvalue weighted by molar-refractivity contribution is 0.655. The van der Waals surface area contributed by atoms with Crippen molar-refractivity contribution in [2.24, 2.45) is 0 Å². The second-order valence-corrected chi connectivity index (χ2v) is 5.46. The quantitative estimate of drug-likeness (QED) is 0.813. The number of aromatic nitrogens is 1. The first-order chi connectivity index (χ1) is 6.35. The summed E-state index contributed by atoms with van der Waals surface area (Å²) in [5.74, 6) is 0. The summed E-state index contributed by atoms with van der Waals surface area (Å²) in [5.41, 5.74) is 3.06. The van der Waals surface area contributed by atoms with Crippen LogP contribution in [0.1, 0.15) is 18.5 Å². The zero-order chi connectivity index (χ0) is 9.15. The van der Waals surface area contributed by atoms with E-state index in [1.807, 2.05) is 17.3 Å². The highest BCUT2D eigenvalue weighted by molar-refractivity contribution is 8.00. The van der Waals surface area contributed by atoms with E-state index in [1.165, 1.54) is 18.5 Å². The molecule has 13 heavy (non-hydrogen) atoms. The summed E-state index contributed by atoms with van der Waals surface area (Å²) in [6, 6.07) is 0. The topological polar surface area (TPSA) is 24.9 Å². The summed E-state index contributed by atoms with van der Waals surface area (Å²) in [6.45, 7) is 2.05. The summed E-state index contributed by atoms with van der Waals surface area (Å²) in [7, 11) is 0. The van der Waals surface area contributed by atoms with E-state index >= 15 is 0 Å². The number of thiazole rings is 1. The molecule has 1 aromatic rings. The molecule has 0 saturated heterocycles. The molecular formula is C9H14N2S2. The maximum Gasteiger partial charge on any atom is 0.0795 e. The Hall–Kier alpha value is -0.0600. The molecule has 1 heterocycles. The van der Waals surface area contributed by atoms with E-state index < -0.39 is 0 Å². The Morgan fingerprint density at radius 2 is 2.54 bits per heavy atom. The van der Waals surface area contributed by atoms with Crippen molar-refractivity contribution >= 4 is 23.1 Å². The molecule has 1 fully saturated rings. The molecule has 0 spiro atoms. The third-order valence-corrected chi connectivity index (χ3v) is 4.53. The molecule has 1 aliphatic carbocycles. The van der Waals surface area contributed by atoms with Gasteiger partial charge in [-0.25, -0.2) is 4.98 Å². The first-order valence-electron chi connectivity index (χ1n) is 4.48. The molecule has 2 rings (SSSR count). The maximum atomic E-state index is 4.23. The van der Waals surface area contributed by atoms with Crippen molar-refractivity contribution in [3.63, 3.8) is 0 Å². The van der Waals surface area contributed by atoms with E-state index in [2.05, 4.69) is 21.9 Å². The number of nitrogens with one attached hydrogen (secondary N) is 1. The van der Waals surface area contributed by atoms with Crippen LogP contribution in [-0.4, -0.2) is 22.5 Å². The van der Waals surface area contributed by atoms with Gasteiger partial charge in [0, 0.05) is 23.2 Å². The Morgan fingerprint density at radius 1 is 1.69 bits per heavy atom. The molecule has 1 saturated carbocycles. The number of thioether (sulfide) groups is 1. The minimum atomic E-state index is 0.565. The van der Waals surface area contributed by atoms with Gasteiger partial charge < -0.3 is 5.32 Å². The van der Waals surface area contributed by atoms with Crippen LogP contribution >= 0.6 is 23.1 Å². The van der Waals surface area contributed by atoms with Gasteiger partial charge in [0.15, 0.2) is 0 Å². The van der Waals surface area contributed by atoms with E-state index in [4.69, 9.17) is 0 Å². The largest absolute Gasteiger partial charge is 0.310 e. The van der Waals surface area contributed by atoms with Crippen molar-refractivity contribution in [2.75, 3.05) is 12.8 Å². The van der Waals surface area contributed by atoms with Crippen LogP contribution in [0.15, 0.2) is 10.9 Å². The van der Waals surface area contributed by atoms with Crippen molar-refractivity contribution in [1.82, 2.24) is 10.3 Å². The lowest BCUT2D eigenvalue weighted by Crippen LogP contribution is -2.25. The van der Waals surface area contributed by atoms with E-state index in [0.29, 0.717) is 4.75 Å². The Kier molecular flexibility index (Phi) is 2.91. The highest BCUT2D eigenvalue weighted by atomic mass is 32.2. The van der Waals surface area contributed by atoms with Crippen molar-refractivity contribution in [1.29, 1.82) is 0 Å². The van der Waals surface area contributed by atoms with Gasteiger partial charge in [-0.15, -0.1) is 11.3 Å². The molecule has 0 bridgehead atoms. The zero-order valence-corrected chi connectivity index (χ0v) is 9.38. The van der Waals surface area contributed by atoms with E-state index in [9.17, 15) is 0 Å². The predicted molar refractivity (Wildman–Crippen MR) is 59.3 cm³/mol. The van der Waals surface area contributed by atoms with Gasteiger partial charge in [-0.3, -0.25) is 0 Å². The van der Waals surface area contributed by atoms with Gasteiger partial charge in [0.25, 0.3) is 0 Å². The summed E-state index contributed by atoms with van der Waals surface area (Å²) in [4.78, 5) is 4.23. The molecule has 1 N–H and O–H groups in total. The van der Waals surface area contributed by atoms with Crippen LogP contribution < -0.4 is 5.32 Å². The van der Waals surface area contributed by atoms with Gasteiger partial charge in [-0.05, 0) is 19.1 Å². The van der Waals surface area contributed by atoms with Crippen LogP contribution in [0, 0.1) is 0 Å². The van der Waals surface area contributed by atoms with Crippen LogP contribution in [0.5, 0.6) is 0 Å². The molecule has 72 valence electrons. The average Bonchev–Trinajstić information content (AvgIpc) is 2.74. The van der Waals surface area contributed by atoms with E-state index in [0.717, 1.165) is 13.1 Å². The molecule has 0 amide bonds. The predicted octanol–water partition coefficient (Wildman–Crippen LogP) is 2.13. The fourth-order valence-corrected chi connectivity index (χ4v) is 2.65. The minimum Gasteiger partial charge on any atom is -0.310 e. The smallest absolute Gasteiger partial charge is 0.0795 e. The normalized spacial score (nSPS) is 18.8. The van der Waals surface area contributed by atoms with Gasteiger partial charge in [-0.1, -0.05) is 0 Å². The third-order valence-electron chi connectivity index (χ3n) is 2.48. The van der Waals surface area contributed by atoms with Crippen molar-refractivity contribution in [3.8, 4) is 0 Å². The van der Waals surface area contributed by atoms with Crippen LogP contribution in [0.4, 0.5) is 0 Å². The minimum absolute atomic E-state index is 0.565. The van der Waals surface area contributed by atoms with Gasteiger partial charge in [0.1, 0.15) is 0 Å². The molecule has 1 aromatic heterocycles. The summed E-state index contributed by atoms with van der Waals surface area (Å²) < 4.78 is 0.565.